The fourth-order valence-electron chi connectivity index (χ4n) is 2.91. The maximum atomic E-state index is 5.45. The average molecular weight is 306 g/mol. The van der Waals surface area contributed by atoms with E-state index in [1.165, 1.54) is 25.7 Å². The van der Waals surface area contributed by atoms with E-state index in [2.05, 4.69) is 26.0 Å². The third kappa shape index (κ3) is 2.67. The van der Waals surface area contributed by atoms with Crippen LogP contribution in [0.25, 0.3) is 11.4 Å². The second kappa shape index (κ2) is 6.10. The lowest BCUT2D eigenvalue weighted by Gasteiger charge is -2.29. The van der Waals surface area contributed by atoms with Crippen molar-refractivity contribution in [3.8, 4) is 11.4 Å². The molecule has 2 unspecified atom stereocenters. The number of aromatic nitrogens is 4. The summed E-state index contributed by atoms with van der Waals surface area (Å²) in [5, 5.41) is 8.09. The molecule has 0 spiro atoms. The average Bonchev–Trinajstić information content (AvgIpc) is 2.90. The third-order valence-electron chi connectivity index (χ3n) is 3.92. The summed E-state index contributed by atoms with van der Waals surface area (Å²) in [5.74, 6) is 0.912. The first kappa shape index (κ1) is 13.8. The van der Waals surface area contributed by atoms with Crippen LogP contribution < -0.4 is 0 Å². The fourth-order valence-corrected chi connectivity index (χ4v) is 4.01. The number of nitrogens with zero attached hydrogens (tertiary/aromatic N) is 3. The number of hydrogen-bond donors (Lipinski definition) is 1. The predicted octanol–water partition coefficient (Wildman–Crippen LogP) is 3.85. The summed E-state index contributed by atoms with van der Waals surface area (Å²) in [5.41, 5.74) is 1.02. The van der Waals surface area contributed by atoms with Crippen molar-refractivity contribution in [1.82, 2.24) is 19.7 Å². The van der Waals surface area contributed by atoms with Crippen LogP contribution in [-0.4, -0.2) is 31.3 Å². The van der Waals surface area contributed by atoms with Crippen LogP contribution in [0, 0.1) is 4.77 Å². The molecule has 3 rings (SSSR count). The summed E-state index contributed by atoms with van der Waals surface area (Å²) >= 11 is 7.41. The smallest absolute Gasteiger partial charge is 0.195 e. The van der Waals surface area contributed by atoms with E-state index >= 15 is 0 Å². The highest BCUT2D eigenvalue weighted by molar-refractivity contribution is 7.99. The minimum Gasteiger partial charge on any atom is -0.297 e. The molecule has 1 saturated carbocycles. The first-order valence-corrected chi connectivity index (χ1v) is 8.59. The van der Waals surface area contributed by atoms with Gasteiger partial charge in [0.15, 0.2) is 10.6 Å². The van der Waals surface area contributed by atoms with E-state index in [0.29, 0.717) is 6.04 Å². The Hall–Kier alpha value is -1.14. The Morgan fingerprint density at radius 3 is 3.10 bits per heavy atom. The summed E-state index contributed by atoms with van der Waals surface area (Å²) in [4.78, 5) is 4.18. The molecule has 1 N–H and O–H groups in total. The van der Waals surface area contributed by atoms with E-state index in [0.717, 1.165) is 21.4 Å². The van der Waals surface area contributed by atoms with E-state index in [1.807, 2.05) is 30.1 Å². The van der Waals surface area contributed by atoms with Gasteiger partial charge in [0.1, 0.15) is 0 Å². The second-order valence-corrected chi connectivity index (χ2v) is 6.67. The summed E-state index contributed by atoms with van der Waals surface area (Å²) < 4.78 is 2.91. The Labute approximate surface area is 128 Å². The van der Waals surface area contributed by atoms with Crippen LogP contribution in [-0.2, 0) is 0 Å². The van der Waals surface area contributed by atoms with Gasteiger partial charge < -0.3 is 0 Å². The van der Waals surface area contributed by atoms with Gasteiger partial charge in [-0.1, -0.05) is 6.42 Å². The lowest BCUT2D eigenvalue weighted by molar-refractivity contribution is 0.360. The van der Waals surface area contributed by atoms with Gasteiger partial charge in [-0.25, -0.2) is 0 Å². The molecule has 1 aliphatic rings. The number of pyridine rings is 1. The number of nitrogens with one attached hydrogen (secondary N) is 1. The molecule has 2 heterocycles. The Kier molecular flexibility index (Phi) is 4.21. The van der Waals surface area contributed by atoms with Crippen molar-refractivity contribution in [2.45, 2.75) is 37.0 Å². The Morgan fingerprint density at radius 2 is 2.35 bits per heavy atom. The Balaban J connectivity index is 1.97. The van der Waals surface area contributed by atoms with Crippen LogP contribution in [0.5, 0.6) is 0 Å². The van der Waals surface area contributed by atoms with Gasteiger partial charge in [-0.05, 0) is 49.9 Å². The molecule has 1 aliphatic carbocycles. The summed E-state index contributed by atoms with van der Waals surface area (Å²) in [6.45, 7) is 0. The molecule has 4 nitrogen and oxygen atoms in total. The van der Waals surface area contributed by atoms with E-state index < -0.39 is 0 Å². The van der Waals surface area contributed by atoms with Gasteiger partial charge in [-0.2, -0.15) is 16.9 Å². The zero-order valence-corrected chi connectivity index (χ0v) is 13.1. The summed E-state index contributed by atoms with van der Waals surface area (Å²) in [6.07, 6.45) is 10.7. The second-order valence-electron chi connectivity index (χ2n) is 5.14. The number of thioether (sulfide) groups is 1. The summed E-state index contributed by atoms with van der Waals surface area (Å²) in [7, 11) is 0. The van der Waals surface area contributed by atoms with Crippen LogP contribution >= 0.6 is 24.0 Å². The minimum absolute atomic E-state index is 0.447. The predicted molar refractivity (Wildman–Crippen MR) is 85.5 cm³/mol. The van der Waals surface area contributed by atoms with E-state index in [4.69, 9.17) is 12.2 Å². The van der Waals surface area contributed by atoms with Crippen molar-refractivity contribution in [2.75, 3.05) is 6.26 Å². The molecular formula is C14H18N4S2. The number of H-pyrrole nitrogens is 1. The number of rotatable bonds is 3. The molecule has 6 heteroatoms. The first-order chi connectivity index (χ1) is 9.79. The van der Waals surface area contributed by atoms with Gasteiger partial charge in [-0.3, -0.25) is 14.6 Å². The molecule has 2 atom stereocenters. The molecule has 0 bridgehead atoms. The Bertz CT molecular complexity index is 620. The van der Waals surface area contributed by atoms with Crippen molar-refractivity contribution in [3.05, 3.63) is 29.3 Å². The van der Waals surface area contributed by atoms with E-state index in [9.17, 15) is 0 Å². The maximum absolute atomic E-state index is 5.45. The SMILES string of the molecule is CSC1CCCC(n2c(-c3cccnc3)n[nH]c2=S)C1. The van der Waals surface area contributed by atoms with Crippen molar-refractivity contribution in [2.24, 2.45) is 0 Å². The molecular weight excluding hydrogens is 288 g/mol. The van der Waals surface area contributed by atoms with Crippen molar-refractivity contribution in [3.63, 3.8) is 0 Å². The van der Waals surface area contributed by atoms with Crippen molar-refractivity contribution < 1.29 is 0 Å². The zero-order chi connectivity index (χ0) is 13.9. The molecule has 0 aliphatic heterocycles. The van der Waals surface area contributed by atoms with Gasteiger partial charge in [-0.15, -0.1) is 0 Å². The van der Waals surface area contributed by atoms with Crippen LogP contribution in [0.3, 0.4) is 0 Å². The molecule has 0 saturated heterocycles. The van der Waals surface area contributed by atoms with Gasteiger partial charge in [0, 0.05) is 29.2 Å². The molecule has 0 radical (unpaired) electrons. The highest BCUT2D eigenvalue weighted by Crippen LogP contribution is 2.36. The number of hydrogen-bond acceptors (Lipinski definition) is 4. The first-order valence-electron chi connectivity index (χ1n) is 6.89. The highest BCUT2D eigenvalue weighted by atomic mass is 32.2. The van der Waals surface area contributed by atoms with Crippen LogP contribution in [0.4, 0.5) is 0 Å². The maximum Gasteiger partial charge on any atom is 0.195 e. The van der Waals surface area contributed by atoms with Crippen LogP contribution in [0.1, 0.15) is 31.7 Å². The number of aromatic amines is 1. The molecule has 0 amide bonds. The van der Waals surface area contributed by atoms with Crippen molar-refractivity contribution in [1.29, 1.82) is 0 Å². The van der Waals surface area contributed by atoms with Gasteiger partial charge in [0.05, 0.1) is 0 Å². The molecule has 2 aromatic rings. The summed E-state index contributed by atoms with van der Waals surface area (Å²) in [6, 6.07) is 4.41. The van der Waals surface area contributed by atoms with E-state index in [1.54, 1.807) is 6.20 Å². The fraction of sp³-hybridized carbons (Fsp3) is 0.500. The molecule has 106 valence electrons. The third-order valence-corrected chi connectivity index (χ3v) is 5.30. The zero-order valence-electron chi connectivity index (χ0n) is 11.5. The van der Waals surface area contributed by atoms with Crippen LogP contribution in [0.15, 0.2) is 24.5 Å². The quantitative estimate of drug-likeness (QED) is 0.875. The van der Waals surface area contributed by atoms with Crippen molar-refractivity contribution >= 4 is 24.0 Å². The Morgan fingerprint density at radius 1 is 1.45 bits per heavy atom. The van der Waals surface area contributed by atoms with Crippen LogP contribution in [0.2, 0.25) is 0 Å². The largest absolute Gasteiger partial charge is 0.297 e. The molecule has 1 fully saturated rings. The standard InChI is InChI=1S/C14H18N4S2/c1-20-12-6-2-5-11(8-12)18-13(16-17-14(18)19)10-4-3-7-15-9-10/h3-4,7,9,11-12H,2,5-6,8H2,1H3,(H,17,19). The molecule has 20 heavy (non-hydrogen) atoms. The molecule has 0 aromatic carbocycles. The normalized spacial score (nSPS) is 22.9. The lowest BCUT2D eigenvalue weighted by atomic mass is 9.94. The van der Waals surface area contributed by atoms with Gasteiger partial charge in [0.2, 0.25) is 0 Å². The van der Waals surface area contributed by atoms with Gasteiger partial charge >= 0.3 is 0 Å². The monoisotopic (exact) mass is 306 g/mol. The topological polar surface area (TPSA) is 46.5 Å². The highest BCUT2D eigenvalue weighted by Gasteiger charge is 2.25. The van der Waals surface area contributed by atoms with E-state index in [-0.39, 0.29) is 0 Å². The molecule has 2 aromatic heterocycles. The van der Waals surface area contributed by atoms with Gasteiger partial charge in [0.25, 0.3) is 0 Å². The lowest BCUT2D eigenvalue weighted by Crippen LogP contribution is -2.21. The minimum atomic E-state index is 0.447.